The number of hydrogen-bond acceptors (Lipinski definition) is 7. The summed E-state index contributed by atoms with van der Waals surface area (Å²) in [4.78, 5) is 38.7. The number of carbonyl (C=O) groups excluding carboxylic acids is 3. The van der Waals surface area contributed by atoms with E-state index in [1.807, 2.05) is 0 Å². The molecule has 1 unspecified atom stereocenters. The number of ether oxygens (including phenoxy) is 3. The first kappa shape index (κ1) is 28.9. The lowest BCUT2D eigenvalue weighted by atomic mass is 9.73. The van der Waals surface area contributed by atoms with E-state index in [9.17, 15) is 14.4 Å². The molecule has 7 heteroatoms. The standard InChI is InChI=1S/C26H43NO6/c1-6-18-31-23(29)26(24(30)32-19-7-2,17-11-14-20-12-9-8-10-13-20)21(27)15-16-22(28)33-25(3,4)5/h6-7,20-21H,1-2,8-19,27H2,3-5H3. The van der Waals surface area contributed by atoms with Crippen molar-refractivity contribution in [3.63, 3.8) is 0 Å². The summed E-state index contributed by atoms with van der Waals surface area (Å²) in [6.07, 6.45) is 10.7. The molecule has 1 fully saturated rings. The molecule has 33 heavy (non-hydrogen) atoms. The largest absolute Gasteiger partial charge is 0.461 e. The summed E-state index contributed by atoms with van der Waals surface area (Å²) in [5.74, 6) is -1.33. The molecule has 0 aliphatic heterocycles. The van der Waals surface area contributed by atoms with Crippen molar-refractivity contribution in [2.45, 2.75) is 96.6 Å². The highest BCUT2D eigenvalue weighted by Crippen LogP contribution is 2.36. The highest BCUT2D eigenvalue weighted by atomic mass is 16.6. The zero-order chi connectivity index (χ0) is 24.9. The fourth-order valence-corrected chi connectivity index (χ4v) is 4.36. The lowest BCUT2D eigenvalue weighted by molar-refractivity contribution is -0.175. The molecule has 0 aromatic rings. The molecule has 1 rings (SSSR count). The molecule has 0 aromatic carbocycles. The van der Waals surface area contributed by atoms with Gasteiger partial charge in [-0.3, -0.25) is 14.4 Å². The van der Waals surface area contributed by atoms with Crippen molar-refractivity contribution in [3.05, 3.63) is 25.3 Å². The van der Waals surface area contributed by atoms with Crippen LogP contribution in [0.1, 0.15) is 85.0 Å². The first-order valence-electron chi connectivity index (χ1n) is 12.1. The Morgan fingerprint density at radius 2 is 1.55 bits per heavy atom. The van der Waals surface area contributed by atoms with Crippen molar-refractivity contribution in [2.24, 2.45) is 17.1 Å². The second-order valence-electron chi connectivity index (χ2n) is 9.87. The molecule has 188 valence electrons. The van der Waals surface area contributed by atoms with Crippen molar-refractivity contribution in [3.8, 4) is 0 Å². The topological polar surface area (TPSA) is 105 Å². The van der Waals surface area contributed by atoms with Crippen molar-refractivity contribution in [1.82, 2.24) is 0 Å². The number of esters is 3. The molecular formula is C26H43NO6. The van der Waals surface area contributed by atoms with Gasteiger partial charge in [-0.1, -0.05) is 70.3 Å². The van der Waals surface area contributed by atoms with Gasteiger partial charge < -0.3 is 19.9 Å². The van der Waals surface area contributed by atoms with Gasteiger partial charge in [-0.25, -0.2) is 0 Å². The Hall–Kier alpha value is -2.15. The fraction of sp³-hybridized carbons (Fsp3) is 0.731. The summed E-state index contributed by atoms with van der Waals surface area (Å²) < 4.78 is 16.0. The van der Waals surface area contributed by atoms with Gasteiger partial charge in [0.25, 0.3) is 0 Å². The van der Waals surface area contributed by atoms with Gasteiger partial charge in [0.15, 0.2) is 5.41 Å². The summed E-state index contributed by atoms with van der Waals surface area (Å²) in [5, 5.41) is 0. The molecule has 1 atom stereocenters. The van der Waals surface area contributed by atoms with Crippen LogP contribution in [0.4, 0.5) is 0 Å². The minimum Gasteiger partial charge on any atom is -0.461 e. The third-order valence-corrected chi connectivity index (χ3v) is 6.01. The predicted molar refractivity (Wildman–Crippen MR) is 128 cm³/mol. The third kappa shape index (κ3) is 9.70. The highest BCUT2D eigenvalue weighted by molar-refractivity contribution is 6.01. The normalized spacial score (nSPS) is 15.9. The number of carbonyl (C=O) groups is 3. The van der Waals surface area contributed by atoms with Crippen LogP contribution in [-0.4, -0.2) is 42.8 Å². The van der Waals surface area contributed by atoms with Gasteiger partial charge in [-0.05, 0) is 39.5 Å². The van der Waals surface area contributed by atoms with E-state index in [2.05, 4.69) is 13.2 Å². The lowest BCUT2D eigenvalue weighted by Gasteiger charge is -2.35. The Labute approximate surface area is 199 Å². The Bertz CT molecular complexity index is 636. The van der Waals surface area contributed by atoms with E-state index in [1.54, 1.807) is 20.8 Å². The average Bonchev–Trinajstić information content (AvgIpc) is 2.76. The molecule has 0 radical (unpaired) electrons. The van der Waals surface area contributed by atoms with Crippen LogP contribution >= 0.6 is 0 Å². The van der Waals surface area contributed by atoms with Crippen LogP contribution in [0.25, 0.3) is 0 Å². The fourth-order valence-electron chi connectivity index (χ4n) is 4.36. The van der Waals surface area contributed by atoms with Crippen molar-refractivity contribution >= 4 is 17.9 Å². The van der Waals surface area contributed by atoms with E-state index in [0.717, 1.165) is 6.42 Å². The van der Waals surface area contributed by atoms with Crippen LogP contribution in [0, 0.1) is 11.3 Å². The van der Waals surface area contributed by atoms with E-state index in [1.165, 1.54) is 44.3 Å². The molecule has 7 nitrogen and oxygen atoms in total. The molecule has 0 aromatic heterocycles. The Kier molecular flexibility index (Phi) is 12.4. The van der Waals surface area contributed by atoms with Crippen LogP contribution in [0.5, 0.6) is 0 Å². The smallest absolute Gasteiger partial charge is 0.325 e. The molecule has 1 aliphatic carbocycles. The van der Waals surface area contributed by atoms with Crippen LogP contribution in [0.3, 0.4) is 0 Å². The van der Waals surface area contributed by atoms with Gasteiger partial charge in [-0.15, -0.1) is 0 Å². The first-order chi connectivity index (χ1) is 15.6. The van der Waals surface area contributed by atoms with Crippen LogP contribution in [-0.2, 0) is 28.6 Å². The molecule has 2 N–H and O–H groups in total. The van der Waals surface area contributed by atoms with Crippen molar-refractivity contribution in [1.29, 1.82) is 0 Å². The van der Waals surface area contributed by atoms with Gasteiger partial charge in [0.05, 0.1) is 0 Å². The molecule has 0 bridgehead atoms. The first-order valence-corrected chi connectivity index (χ1v) is 12.1. The monoisotopic (exact) mass is 465 g/mol. The minimum absolute atomic E-state index is 0.0215. The zero-order valence-electron chi connectivity index (χ0n) is 20.7. The number of nitrogens with two attached hydrogens (primary N) is 1. The van der Waals surface area contributed by atoms with E-state index < -0.39 is 35.0 Å². The third-order valence-electron chi connectivity index (χ3n) is 6.01. The maximum atomic E-state index is 13.2. The van der Waals surface area contributed by atoms with Gasteiger partial charge in [0.1, 0.15) is 18.8 Å². The minimum atomic E-state index is -1.71. The quantitative estimate of drug-likeness (QED) is 0.173. The summed E-state index contributed by atoms with van der Waals surface area (Å²) in [7, 11) is 0. The van der Waals surface area contributed by atoms with E-state index in [4.69, 9.17) is 19.9 Å². The second-order valence-corrected chi connectivity index (χ2v) is 9.87. The number of hydrogen-bond donors (Lipinski definition) is 1. The molecular weight excluding hydrogens is 422 g/mol. The molecule has 0 saturated heterocycles. The average molecular weight is 466 g/mol. The Balaban J connectivity index is 3.07. The van der Waals surface area contributed by atoms with Gasteiger partial charge in [0, 0.05) is 12.5 Å². The van der Waals surface area contributed by atoms with Crippen LogP contribution in [0.2, 0.25) is 0 Å². The predicted octanol–water partition coefficient (Wildman–Crippen LogP) is 4.63. The maximum Gasteiger partial charge on any atom is 0.325 e. The summed E-state index contributed by atoms with van der Waals surface area (Å²) in [6, 6.07) is -0.967. The van der Waals surface area contributed by atoms with Gasteiger partial charge in [-0.2, -0.15) is 0 Å². The summed E-state index contributed by atoms with van der Waals surface area (Å²) in [6.45, 7) is 12.4. The van der Waals surface area contributed by atoms with Crippen LogP contribution < -0.4 is 5.73 Å². The van der Waals surface area contributed by atoms with Gasteiger partial charge >= 0.3 is 17.9 Å². The molecule has 0 amide bonds. The summed E-state index contributed by atoms with van der Waals surface area (Å²) >= 11 is 0. The molecule has 1 saturated carbocycles. The van der Waals surface area contributed by atoms with Crippen molar-refractivity contribution in [2.75, 3.05) is 13.2 Å². The second kappa shape index (κ2) is 14.2. The highest BCUT2D eigenvalue weighted by Gasteiger charge is 2.53. The molecule has 0 heterocycles. The van der Waals surface area contributed by atoms with Gasteiger partial charge in [0.2, 0.25) is 0 Å². The SMILES string of the molecule is C=CCOC(=O)C(CCCC1CCCCC1)(C(=O)OCC=C)C(N)CCC(=O)OC(C)(C)C. The molecule has 0 spiro atoms. The maximum absolute atomic E-state index is 13.2. The van der Waals surface area contributed by atoms with Crippen LogP contribution in [0.15, 0.2) is 25.3 Å². The van der Waals surface area contributed by atoms with E-state index >= 15 is 0 Å². The summed E-state index contributed by atoms with van der Waals surface area (Å²) in [5.41, 5.74) is 4.13. The number of rotatable bonds is 14. The Morgan fingerprint density at radius 3 is 2.03 bits per heavy atom. The van der Waals surface area contributed by atoms with E-state index in [-0.39, 0.29) is 32.5 Å². The zero-order valence-corrected chi connectivity index (χ0v) is 20.7. The van der Waals surface area contributed by atoms with E-state index in [0.29, 0.717) is 12.3 Å². The lowest BCUT2D eigenvalue weighted by Crippen LogP contribution is -2.55. The Morgan fingerprint density at radius 1 is 1.00 bits per heavy atom. The molecule has 1 aliphatic rings. The van der Waals surface area contributed by atoms with Crippen molar-refractivity contribution < 1.29 is 28.6 Å².